The number of nitro groups is 1. The highest BCUT2D eigenvalue weighted by molar-refractivity contribution is 9.10. The van der Waals surface area contributed by atoms with Crippen LogP contribution in [0, 0.1) is 10.1 Å². The summed E-state index contributed by atoms with van der Waals surface area (Å²) in [7, 11) is 0. The van der Waals surface area contributed by atoms with Gasteiger partial charge in [-0.15, -0.1) is 0 Å². The van der Waals surface area contributed by atoms with Crippen LogP contribution in [0.4, 0.5) is 0 Å². The second-order valence-electron chi connectivity index (χ2n) is 4.35. The number of carbonyl (C=O) groups excluding carboxylic acids is 1. The lowest BCUT2D eigenvalue weighted by Crippen LogP contribution is -2.30. The van der Waals surface area contributed by atoms with E-state index in [0.717, 1.165) is 4.47 Å². The van der Waals surface area contributed by atoms with E-state index in [1.54, 1.807) is 25.1 Å². The van der Waals surface area contributed by atoms with Crippen molar-refractivity contribution in [3.05, 3.63) is 49.8 Å². The normalized spacial score (nSPS) is 17.0. The van der Waals surface area contributed by atoms with Gasteiger partial charge >= 0.3 is 5.97 Å². The van der Waals surface area contributed by atoms with Crippen molar-refractivity contribution >= 4 is 21.9 Å². The van der Waals surface area contributed by atoms with Crippen molar-refractivity contribution in [1.29, 1.82) is 0 Å². The molecular formula is C13H13BrN2O5. The molecule has 0 amide bonds. The lowest BCUT2D eigenvalue weighted by atomic mass is 9.89. The first-order chi connectivity index (χ1) is 9.93. The Labute approximate surface area is 129 Å². The molecule has 7 nitrogen and oxygen atoms in total. The van der Waals surface area contributed by atoms with Gasteiger partial charge in [-0.2, -0.15) is 0 Å². The SMILES string of the molecule is CCOC(=O)C1=C(N)Oc2ccc(Br)cc2[C@@H]1C[N+](=O)[O-]. The fourth-order valence-electron chi connectivity index (χ4n) is 2.18. The van der Waals surface area contributed by atoms with Crippen molar-refractivity contribution in [1.82, 2.24) is 0 Å². The van der Waals surface area contributed by atoms with Gasteiger partial charge in [0.1, 0.15) is 11.3 Å². The highest BCUT2D eigenvalue weighted by atomic mass is 79.9. The molecule has 0 spiro atoms. The molecule has 0 aliphatic carbocycles. The average Bonchev–Trinajstić information content (AvgIpc) is 2.39. The molecule has 0 fully saturated rings. The zero-order valence-electron chi connectivity index (χ0n) is 11.2. The fraction of sp³-hybridized carbons (Fsp3) is 0.308. The van der Waals surface area contributed by atoms with Crippen LogP contribution in [0.25, 0.3) is 0 Å². The smallest absolute Gasteiger partial charge is 0.340 e. The maximum Gasteiger partial charge on any atom is 0.340 e. The van der Waals surface area contributed by atoms with Crippen LogP contribution in [0.5, 0.6) is 5.75 Å². The first-order valence-electron chi connectivity index (χ1n) is 6.19. The van der Waals surface area contributed by atoms with Crippen LogP contribution in [0.2, 0.25) is 0 Å². The summed E-state index contributed by atoms with van der Waals surface area (Å²) in [5.74, 6) is -1.27. The number of rotatable bonds is 4. The van der Waals surface area contributed by atoms with Gasteiger partial charge in [0, 0.05) is 15.0 Å². The zero-order chi connectivity index (χ0) is 15.6. The Kier molecular flexibility index (Phi) is 4.46. The lowest BCUT2D eigenvalue weighted by Gasteiger charge is -2.25. The second kappa shape index (κ2) is 6.13. The van der Waals surface area contributed by atoms with Crippen LogP contribution in [0.15, 0.2) is 34.1 Å². The van der Waals surface area contributed by atoms with Gasteiger partial charge in [-0.1, -0.05) is 15.9 Å². The minimum atomic E-state index is -0.805. The molecule has 1 aromatic rings. The summed E-state index contributed by atoms with van der Waals surface area (Å²) in [5.41, 5.74) is 6.26. The molecule has 0 saturated heterocycles. The number of benzene rings is 1. The van der Waals surface area contributed by atoms with Gasteiger partial charge in [-0.3, -0.25) is 10.1 Å². The monoisotopic (exact) mass is 356 g/mol. The summed E-state index contributed by atoms with van der Waals surface area (Å²) in [5, 5.41) is 10.9. The number of esters is 1. The highest BCUT2D eigenvalue weighted by Gasteiger charge is 2.37. The maximum absolute atomic E-state index is 12.0. The van der Waals surface area contributed by atoms with Crippen LogP contribution >= 0.6 is 15.9 Å². The number of nitrogens with two attached hydrogens (primary N) is 1. The van der Waals surface area contributed by atoms with Gasteiger partial charge in [-0.05, 0) is 25.1 Å². The summed E-state index contributed by atoms with van der Waals surface area (Å²) < 4.78 is 11.0. The molecule has 1 atom stereocenters. The molecule has 1 heterocycles. The van der Waals surface area contributed by atoms with Crippen LogP contribution in [0.3, 0.4) is 0 Å². The van der Waals surface area contributed by atoms with Crippen LogP contribution in [-0.4, -0.2) is 24.0 Å². The molecule has 0 bridgehead atoms. The van der Waals surface area contributed by atoms with E-state index >= 15 is 0 Å². The van der Waals surface area contributed by atoms with Crippen molar-refractivity contribution in [2.75, 3.05) is 13.2 Å². The highest BCUT2D eigenvalue weighted by Crippen LogP contribution is 2.40. The van der Waals surface area contributed by atoms with E-state index in [0.29, 0.717) is 11.3 Å². The number of fused-ring (bicyclic) bond motifs is 1. The van der Waals surface area contributed by atoms with Gasteiger partial charge in [0.05, 0.1) is 12.5 Å². The minimum Gasteiger partial charge on any atom is -0.462 e. The standard InChI is InChI=1S/C13H13BrN2O5/c1-2-20-13(17)11-9(6-16(18)19)8-5-7(14)3-4-10(8)21-12(11)15/h3-5,9H,2,6,15H2,1H3/t9-/m0/s1. The van der Waals surface area contributed by atoms with Gasteiger partial charge in [0.15, 0.2) is 0 Å². The van der Waals surface area contributed by atoms with Gasteiger partial charge in [-0.25, -0.2) is 4.79 Å². The third kappa shape index (κ3) is 3.15. The Morgan fingerprint density at radius 2 is 2.29 bits per heavy atom. The van der Waals surface area contributed by atoms with Gasteiger partial charge < -0.3 is 15.2 Å². The molecule has 0 unspecified atom stereocenters. The van der Waals surface area contributed by atoms with Crippen molar-refractivity contribution in [3.8, 4) is 5.75 Å². The molecule has 21 heavy (non-hydrogen) atoms. The molecule has 1 aliphatic heterocycles. The molecule has 0 saturated carbocycles. The second-order valence-corrected chi connectivity index (χ2v) is 5.27. The van der Waals surface area contributed by atoms with Crippen molar-refractivity contribution < 1.29 is 19.2 Å². The van der Waals surface area contributed by atoms with E-state index in [9.17, 15) is 14.9 Å². The van der Waals surface area contributed by atoms with E-state index in [1.807, 2.05) is 0 Å². The Morgan fingerprint density at radius 1 is 1.57 bits per heavy atom. The van der Waals surface area contributed by atoms with Crippen LogP contribution in [-0.2, 0) is 9.53 Å². The van der Waals surface area contributed by atoms with E-state index in [2.05, 4.69) is 15.9 Å². The van der Waals surface area contributed by atoms with E-state index in [1.165, 1.54) is 0 Å². The first kappa shape index (κ1) is 15.3. The molecular weight excluding hydrogens is 344 g/mol. The van der Waals surface area contributed by atoms with Crippen LogP contribution < -0.4 is 10.5 Å². The fourth-order valence-corrected chi connectivity index (χ4v) is 2.55. The molecule has 2 rings (SSSR count). The summed E-state index contributed by atoms with van der Waals surface area (Å²) in [6.45, 7) is 1.32. The van der Waals surface area contributed by atoms with Gasteiger partial charge in [0.2, 0.25) is 12.4 Å². The summed E-state index contributed by atoms with van der Waals surface area (Å²) in [6, 6.07) is 5.04. The van der Waals surface area contributed by atoms with Crippen LogP contribution in [0.1, 0.15) is 18.4 Å². The maximum atomic E-state index is 12.0. The third-order valence-electron chi connectivity index (χ3n) is 3.01. The number of nitrogens with zero attached hydrogens (tertiary/aromatic N) is 1. The number of hydrogen-bond donors (Lipinski definition) is 1. The molecule has 2 N–H and O–H groups in total. The third-order valence-corrected chi connectivity index (χ3v) is 3.50. The number of carbonyl (C=O) groups is 1. The summed E-state index contributed by atoms with van der Waals surface area (Å²) >= 11 is 3.30. The predicted octanol–water partition coefficient (Wildman–Crippen LogP) is 1.94. The Bertz CT molecular complexity index is 629. The topological polar surface area (TPSA) is 105 Å². The summed E-state index contributed by atoms with van der Waals surface area (Å²) in [4.78, 5) is 22.5. The molecule has 0 radical (unpaired) electrons. The van der Waals surface area contributed by atoms with Crippen molar-refractivity contribution in [2.45, 2.75) is 12.8 Å². The quantitative estimate of drug-likeness (QED) is 0.502. The summed E-state index contributed by atoms with van der Waals surface area (Å²) in [6.07, 6.45) is 0. The molecule has 112 valence electrons. The number of hydrogen-bond acceptors (Lipinski definition) is 6. The van der Waals surface area contributed by atoms with E-state index in [-0.39, 0.29) is 18.1 Å². The molecule has 1 aromatic carbocycles. The Hall–Kier alpha value is -2.09. The van der Waals surface area contributed by atoms with Crippen molar-refractivity contribution in [3.63, 3.8) is 0 Å². The van der Waals surface area contributed by atoms with Gasteiger partial charge in [0.25, 0.3) is 0 Å². The van der Waals surface area contributed by atoms with E-state index in [4.69, 9.17) is 15.2 Å². The first-order valence-corrected chi connectivity index (χ1v) is 6.99. The molecule has 8 heteroatoms. The number of halogens is 1. The zero-order valence-corrected chi connectivity index (χ0v) is 12.8. The predicted molar refractivity (Wildman–Crippen MR) is 77.2 cm³/mol. The molecule has 1 aliphatic rings. The lowest BCUT2D eigenvalue weighted by molar-refractivity contribution is -0.482. The Balaban J connectivity index is 2.52. The van der Waals surface area contributed by atoms with E-state index < -0.39 is 23.4 Å². The molecule has 0 aromatic heterocycles. The largest absolute Gasteiger partial charge is 0.462 e. The number of ether oxygens (including phenoxy) is 2. The average molecular weight is 357 g/mol. The minimum absolute atomic E-state index is 0.0147. The Morgan fingerprint density at radius 3 is 2.90 bits per heavy atom. The van der Waals surface area contributed by atoms with Crippen molar-refractivity contribution in [2.24, 2.45) is 5.73 Å².